The average Bonchev–Trinajstić information content (AvgIpc) is 3.49. The fourth-order valence-corrected chi connectivity index (χ4v) is 5.10. The minimum absolute atomic E-state index is 0.00737. The highest BCUT2D eigenvalue weighted by Gasteiger charge is 2.49. The molecule has 0 saturated carbocycles. The van der Waals surface area contributed by atoms with Gasteiger partial charge in [0.2, 0.25) is 5.82 Å². The van der Waals surface area contributed by atoms with Crippen molar-refractivity contribution in [1.82, 2.24) is 29.7 Å². The van der Waals surface area contributed by atoms with Crippen LogP contribution in [0.15, 0.2) is 18.5 Å². The van der Waals surface area contributed by atoms with Gasteiger partial charge in [0.25, 0.3) is 0 Å². The maximum Gasteiger partial charge on any atom is 0.451 e. The molecule has 3 aliphatic rings. The molecule has 0 aromatic carbocycles. The standard InChI is InChI=1S/C21H23F3N8O/c1-13-6-16(29-19(27-13)21(22,23)24)31-11-20(12-31)3-4-30(10-20)17-8-25-15-7-26-32(18(15)28-17)14-2-5-33-9-14/h6-8,14H,2-5,9-12H2,1H3/t14-/m1/s1. The second kappa shape index (κ2) is 7.24. The van der Waals surface area contributed by atoms with Gasteiger partial charge in [0.1, 0.15) is 17.2 Å². The van der Waals surface area contributed by atoms with Crippen LogP contribution in [0.5, 0.6) is 0 Å². The molecule has 3 aliphatic heterocycles. The van der Waals surface area contributed by atoms with Crippen molar-refractivity contribution in [3.05, 3.63) is 30.0 Å². The number of ether oxygens (including phenoxy) is 1. The molecule has 0 unspecified atom stereocenters. The normalized spacial score (nSPS) is 22.5. The van der Waals surface area contributed by atoms with Crippen LogP contribution in [0.1, 0.15) is 30.4 Å². The van der Waals surface area contributed by atoms with E-state index in [4.69, 9.17) is 9.72 Å². The van der Waals surface area contributed by atoms with E-state index >= 15 is 0 Å². The van der Waals surface area contributed by atoms with E-state index in [1.165, 1.54) is 0 Å². The van der Waals surface area contributed by atoms with Crippen LogP contribution in [0.25, 0.3) is 11.2 Å². The maximum absolute atomic E-state index is 13.1. The van der Waals surface area contributed by atoms with E-state index in [1.54, 1.807) is 25.4 Å². The van der Waals surface area contributed by atoms with E-state index in [1.807, 2.05) is 9.58 Å². The van der Waals surface area contributed by atoms with Gasteiger partial charge in [-0.3, -0.25) is 0 Å². The summed E-state index contributed by atoms with van der Waals surface area (Å²) in [4.78, 5) is 20.8. The molecule has 12 heteroatoms. The molecule has 0 N–H and O–H groups in total. The first kappa shape index (κ1) is 20.6. The summed E-state index contributed by atoms with van der Waals surface area (Å²) in [6.45, 7) is 5.83. The van der Waals surface area contributed by atoms with Gasteiger partial charge in [-0.15, -0.1) is 0 Å². The maximum atomic E-state index is 13.1. The van der Waals surface area contributed by atoms with Crippen molar-refractivity contribution in [3.63, 3.8) is 0 Å². The molecule has 9 nitrogen and oxygen atoms in total. The Morgan fingerprint density at radius 3 is 2.64 bits per heavy atom. The molecule has 174 valence electrons. The Morgan fingerprint density at radius 1 is 1.06 bits per heavy atom. The molecule has 1 spiro atoms. The number of hydrogen-bond acceptors (Lipinski definition) is 8. The Morgan fingerprint density at radius 2 is 1.88 bits per heavy atom. The van der Waals surface area contributed by atoms with Crippen LogP contribution in [0.4, 0.5) is 24.8 Å². The molecule has 6 rings (SSSR count). The molecule has 0 radical (unpaired) electrons. The number of rotatable bonds is 3. The molecule has 1 atom stereocenters. The largest absolute Gasteiger partial charge is 0.451 e. The molecule has 0 amide bonds. The molecule has 3 saturated heterocycles. The SMILES string of the molecule is Cc1cc(N2CC3(CCN(c4cnc5cnn([C@@H]6CCOC6)c5n4)C3)C2)nc(C(F)(F)F)n1. The fraction of sp³-hybridized carbons (Fsp3) is 0.571. The Balaban J connectivity index is 1.18. The van der Waals surface area contributed by atoms with Gasteiger partial charge in [-0.05, 0) is 19.8 Å². The first-order chi connectivity index (χ1) is 15.8. The summed E-state index contributed by atoms with van der Waals surface area (Å²) >= 11 is 0. The highest BCUT2D eigenvalue weighted by atomic mass is 19.4. The lowest BCUT2D eigenvalue weighted by Gasteiger charge is -2.48. The lowest BCUT2D eigenvalue weighted by Crippen LogP contribution is -2.58. The Hall–Kier alpha value is -3.02. The van der Waals surface area contributed by atoms with E-state index in [-0.39, 0.29) is 11.5 Å². The molecular formula is C21H23F3N8O. The van der Waals surface area contributed by atoms with Crippen LogP contribution in [0, 0.1) is 12.3 Å². The van der Waals surface area contributed by atoms with Crippen molar-refractivity contribution in [1.29, 1.82) is 0 Å². The number of hydrogen-bond donors (Lipinski definition) is 0. The third-order valence-electron chi connectivity index (χ3n) is 6.77. The van der Waals surface area contributed by atoms with Crippen LogP contribution in [0.2, 0.25) is 0 Å². The molecule has 3 aromatic heterocycles. The monoisotopic (exact) mass is 460 g/mol. The average molecular weight is 460 g/mol. The minimum atomic E-state index is -4.55. The van der Waals surface area contributed by atoms with E-state index in [2.05, 4.69) is 25.0 Å². The zero-order valence-electron chi connectivity index (χ0n) is 18.1. The van der Waals surface area contributed by atoms with E-state index in [0.717, 1.165) is 49.5 Å². The van der Waals surface area contributed by atoms with Gasteiger partial charge in [0.05, 0.1) is 25.0 Å². The molecular weight excluding hydrogens is 437 g/mol. The number of alkyl halides is 3. The summed E-state index contributed by atoms with van der Waals surface area (Å²) in [6, 6.07) is 1.79. The van der Waals surface area contributed by atoms with Gasteiger partial charge in [0.15, 0.2) is 5.65 Å². The smallest absolute Gasteiger partial charge is 0.379 e. The van der Waals surface area contributed by atoms with Crippen molar-refractivity contribution < 1.29 is 17.9 Å². The van der Waals surface area contributed by atoms with Gasteiger partial charge < -0.3 is 14.5 Å². The lowest BCUT2D eigenvalue weighted by molar-refractivity contribution is -0.145. The Labute approximate surface area is 187 Å². The van der Waals surface area contributed by atoms with Gasteiger partial charge in [-0.2, -0.15) is 18.3 Å². The number of aryl methyl sites for hydroxylation is 1. The number of aromatic nitrogens is 6. The van der Waals surface area contributed by atoms with Crippen LogP contribution >= 0.6 is 0 Å². The number of anilines is 2. The second-order valence-corrected chi connectivity index (χ2v) is 9.26. The van der Waals surface area contributed by atoms with Crippen molar-refractivity contribution in [2.45, 2.75) is 32.0 Å². The zero-order valence-corrected chi connectivity index (χ0v) is 18.1. The van der Waals surface area contributed by atoms with Gasteiger partial charge >= 0.3 is 6.18 Å². The van der Waals surface area contributed by atoms with Gasteiger partial charge in [-0.1, -0.05) is 0 Å². The number of fused-ring (bicyclic) bond motifs is 1. The third kappa shape index (κ3) is 3.56. The van der Waals surface area contributed by atoms with Crippen molar-refractivity contribution >= 4 is 22.8 Å². The van der Waals surface area contributed by atoms with Crippen molar-refractivity contribution in [3.8, 4) is 0 Å². The molecule has 0 bridgehead atoms. The predicted molar refractivity (Wildman–Crippen MR) is 113 cm³/mol. The van der Waals surface area contributed by atoms with E-state index < -0.39 is 12.0 Å². The summed E-state index contributed by atoms with van der Waals surface area (Å²) in [7, 11) is 0. The van der Waals surface area contributed by atoms with Crippen molar-refractivity contribution in [2.24, 2.45) is 5.41 Å². The number of nitrogens with zero attached hydrogens (tertiary/aromatic N) is 8. The van der Waals surface area contributed by atoms with Crippen LogP contribution in [-0.4, -0.2) is 69.1 Å². The highest BCUT2D eigenvalue weighted by molar-refractivity contribution is 5.71. The van der Waals surface area contributed by atoms with Gasteiger partial charge in [0, 0.05) is 50.0 Å². The van der Waals surface area contributed by atoms with Crippen LogP contribution in [-0.2, 0) is 10.9 Å². The predicted octanol–water partition coefficient (Wildman–Crippen LogP) is 2.62. The molecule has 6 heterocycles. The summed E-state index contributed by atoms with van der Waals surface area (Å²) in [6.07, 6.45) is 0.804. The molecule has 3 aromatic rings. The third-order valence-corrected chi connectivity index (χ3v) is 6.77. The van der Waals surface area contributed by atoms with E-state index in [0.29, 0.717) is 31.2 Å². The quantitative estimate of drug-likeness (QED) is 0.590. The summed E-state index contributed by atoms with van der Waals surface area (Å²) in [5.41, 5.74) is 1.84. The summed E-state index contributed by atoms with van der Waals surface area (Å²) < 4.78 is 46.7. The van der Waals surface area contributed by atoms with Crippen molar-refractivity contribution in [2.75, 3.05) is 49.2 Å². The molecule has 33 heavy (non-hydrogen) atoms. The lowest BCUT2D eigenvalue weighted by atomic mass is 9.79. The van der Waals surface area contributed by atoms with E-state index in [9.17, 15) is 13.2 Å². The Kier molecular flexibility index (Phi) is 4.51. The van der Waals surface area contributed by atoms with Crippen LogP contribution < -0.4 is 9.80 Å². The first-order valence-corrected chi connectivity index (χ1v) is 11.0. The Bertz CT molecular complexity index is 1200. The van der Waals surface area contributed by atoms with Crippen LogP contribution in [0.3, 0.4) is 0 Å². The second-order valence-electron chi connectivity index (χ2n) is 9.26. The topological polar surface area (TPSA) is 85.1 Å². The van der Waals surface area contributed by atoms with Gasteiger partial charge in [-0.25, -0.2) is 24.6 Å². The summed E-state index contributed by atoms with van der Waals surface area (Å²) in [5.74, 6) is 0.0536. The number of halogens is 3. The highest BCUT2D eigenvalue weighted by Crippen LogP contribution is 2.43. The molecule has 0 aliphatic carbocycles. The summed E-state index contributed by atoms with van der Waals surface area (Å²) in [5, 5.41) is 4.47. The minimum Gasteiger partial charge on any atom is -0.379 e. The fourth-order valence-electron chi connectivity index (χ4n) is 5.10. The molecule has 3 fully saturated rings. The first-order valence-electron chi connectivity index (χ1n) is 11.0. The zero-order chi connectivity index (χ0) is 22.8.